The summed E-state index contributed by atoms with van der Waals surface area (Å²) >= 11 is 0. The minimum atomic E-state index is -0.614. The molecule has 1 heterocycles. The fraction of sp³-hybridized carbons (Fsp3) is 0.118. The number of primary amides is 1. The molecule has 1 aromatic heterocycles. The molecule has 3 aromatic rings. The number of H-pyrrole nitrogens is 1. The van der Waals surface area contributed by atoms with Crippen molar-refractivity contribution in [3.63, 3.8) is 0 Å². The zero-order valence-corrected chi connectivity index (χ0v) is 12.4. The van der Waals surface area contributed by atoms with E-state index in [1.54, 1.807) is 0 Å². The van der Waals surface area contributed by atoms with Crippen molar-refractivity contribution in [2.45, 2.75) is 6.42 Å². The van der Waals surface area contributed by atoms with Crippen LogP contribution >= 0.6 is 0 Å². The Morgan fingerprint density at radius 1 is 1.04 bits per heavy atom. The van der Waals surface area contributed by atoms with E-state index in [2.05, 4.69) is 27.5 Å². The van der Waals surface area contributed by atoms with Gasteiger partial charge in [-0.1, -0.05) is 30.3 Å². The van der Waals surface area contributed by atoms with Gasteiger partial charge in [0.25, 0.3) is 5.91 Å². The highest BCUT2D eigenvalue weighted by atomic mass is 16.5. The Hall–Kier alpha value is -3.15. The lowest BCUT2D eigenvalue weighted by Crippen LogP contribution is -2.12. The fourth-order valence-corrected chi connectivity index (χ4v) is 2.24. The Labute approximate surface area is 133 Å². The number of aromatic amines is 1. The molecule has 0 saturated heterocycles. The molecule has 0 unspecified atom stereocenters. The number of nitrogens with zero attached hydrogens (tertiary/aromatic N) is 2. The summed E-state index contributed by atoms with van der Waals surface area (Å²) in [6.45, 7) is 0.597. The molecular weight excluding hydrogens is 292 g/mol. The minimum Gasteiger partial charge on any atom is -0.493 e. The van der Waals surface area contributed by atoms with E-state index >= 15 is 0 Å². The van der Waals surface area contributed by atoms with Gasteiger partial charge in [-0.3, -0.25) is 4.79 Å². The monoisotopic (exact) mass is 308 g/mol. The number of ether oxygens (including phenoxy) is 1. The van der Waals surface area contributed by atoms with Gasteiger partial charge in [-0.2, -0.15) is 15.4 Å². The maximum absolute atomic E-state index is 11.3. The molecule has 0 aliphatic heterocycles. The van der Waals surface area contributed by atoms with Gasteiger partial charge < -0.3 is 10.5 Å². The lowest BCUT2D eigenvalue weighted by Gasteiger charge is -2.07. The fourth-order valence-electron chi connectivity index (χ4n) is 2.24. The second kappa shape index (κ2) is 6.74. The van der Waals surface area contributed by atoms with Gasteiger partial charge in [0.1, 0.15) is 11.4 Å². The first-order valence-corrected chi connectivity index (χ1v) is 7.22. The van der Waals surface area contributed by atoms with Crippen molar-refractivity contribution in [3.05, 3.63) is 65.9 Å². The summed E-state index contributed by atoms with van der Waals surface area (Å²) in [6, 6.07) is 17.5. The molecule has 0 atom stereocenters. The molecule has 6 nitrogen and oxygen atoms in total. The number of hydrogen-bond acceptors (Lipinski definition) is 4. The van der Waals surface area contributed by atoms with Crippen LogP contribution in [0, 0.1) is 0 Å². The molecular formula is C17H16N4O2. The van der Waals surface area contributed by atoms with Crippen molar-refractivity contribution in [3.8, 4) is 17.0 Å². The number of nitrogens with one attached hydrogen (secondary N) is 1. The predicted octanol–water partition coefficient (Wildman–Crippen LogP) is 2.19. The van der Waals surface area contributed by atoms with Crippen LogP contribution < -0.4 is 10.5 Å². The number of benzene rings is 2. The molecule has 0 radical (unpaired) electrons. The SMILES string of the molecule is NC(=O)c1n[nH]nc1-c1ccc(OCCc2ccccc2)cc1. The molecule has 23 heavy (non-hydrogen) atoms. The molecule has 0 saturated carbocycles. The van der Waals surface area contributed by atoms with E-state index in [9.17, 15) is 4.79 Å². The summed E-state index contributed by atoms with van der Waals surface area (Å²) < 4.78 is 5.72. The number of aromatic nitrogens is 3. The summed E-state index contributed by atoms with van der Waals surface area (Å²) in [6.07, 6.45) is 0.845. The van der Waals surface area contributed by atoms with E-state index in [1.165, 1.54) is 5.56 Å². The largest absolute Gasteiger partial charge is 0.493 e. The van der Waals surface area contributed by atoms with E-state index < -0.39 is 5.91 Å². The van der Waals surface area contributed by atoms with Crippen LogP contribution in [0.2, 0.25) is 0 Å². The lowest BCUT2D eigenvalue weighted by molar-refractivity contribution is 0.0996. The Morgan fingerprint density at radius 2 is 1.78 bits per heavy atom. The first-order valence-electron chi connectivity index (χ1n) is 7.22. The van der Waals surface area contributed by atoms with Gasteiger partial charge in [0.05, 0.1) is 6.61 Å². The van der Waals surface area contributed by atoms with E-state index in [-0.39, 0.29) is 5.69 Å². The maximum Gasteiger partial charge on any atom is 0.271 e. The van der Waals surface area contributed by atoms with E-state index in [1.807, 2.05) is 42.5 Å². The maximum atomic E-state index is 11.3. The Bertz CT molecular complexity index is 782. The van der Waals surface area contributed by atoms with Crippen molar-refractivity contribution < 1.29 is 9.53 Å². The van der Waals surface area contributed by atoms with E-state index in [4.69, 9.17) is 10.5 Å². The average Bonchev–Trinajstić information content (AvgIpc) is 3.06. The standard InChI is InChI=1S/C17H16N4O2/c18-17(22)16-15(19-21-20-16)13-6-8-14(9-7-13)23-11-10-12-4-2-1-3-5-12/h1-9H,10-11H2,(H2,18,22)(H,19,20,21). The number of rotatable bonds is 6. The topological polar surface area (TPSA) is 93.9 Å². The molecule has 0 aliphatic carbocycles. The molecule has 0 bridgehead atoms. The van der Waals surface area contributed by atoms with Gasteiger partial charge in [0.15, 0.2) is 5.69 Å². The highest BCUT2D eigenvalue weighted by Crippen LogP contribution is 2.22. The summed E-state index contributed by atoms with van der Waals surface area (Å²) in [4.78, 5) is 11.3. The quantitative estimate of drug-likeness (QED) is 0.730. The van der Waals surface area contributed by atoms with Gasteiger partial charge in [-0.05, 0) is 29.8 Å². The summed E-state index contributed by atoms with van der Waals surface area (Å²) in [5.74, 6) is 0.144. The van der Waals surface area contributed by atoms with Crippen LogP contribution in [0.4, 0.5) is 0 Å². The predicted molar refractivity (Wildman–Crippen MR) is 86.0 cm³/mol. The third-order valence-electron chi connectivity index (χ3n) is 3.41. The molecule has 0 spiro atoms. The average molecular weight is 308 g/mol. The molecule has 3 N–H and O–H groups in total. The van der Waals surface area contributed by atoms with Gasteiger partial charge in [0.2, 0.25) is 0 Å². The summed E-state index contributed by atoms with van der Waals surface area (Å²) in [5.41, 5.74) is 7.81. The van der Waals surface area contributed by atoms with Gasteiger partial charge in [-0.15, -0.1) is 0 Å². The third-order valence-corrected chi connectivity index (χ3v) is 3.41. The van der Waals surface area contributed by atoms with Gasteiger partial charge in [-0.25, -0.2) is 0 Å². The van der Waals surface area contributed by atoms with Crippen LogP contribution in [0.3, 0.4) is 0 Å². The second-order valence-corrected chi connectivity index (χ2v) is 4.99. The molecule has 6 heteroatoms. The Balaban J connectivity index is 1.63. The Morgan fingerprint density at radius 3 is 2.48 bits per heavy atom. The van der Waals surface area contributed by atoms with Crippen molar-refractivity contribution in [2.24, 2.45) is 5.73 Å². The van der Waals surface area contributed by atoms with Crippen LogP contribution in [0.15, 0.2) is 54.6 Å². The molecule has 3 rings (SSSR count). The second-order valence-electron chi connectivity index (χ2n) is 4.99. The van der Waals surface area contributed by atoms with Gasteiger partial charge >= 0.3 is 0 Å². The van der Waals surface area contributed by atoms with Crippen LogP contribution in [0.25, 0.3) is 11.3 Å². The molecule has 2 aromatic carbocycles. The summed E-state index contributed by atoms with van der Waals surface area (Å²) in [5, 5.41) is 10.1. The first-order chi connectivity index (χ1) is 11.2. The van der Waals surface area contributed by atoms with Crippen molar-refractivity contribution >= 4 is 5.91 Å². The number of carbonyl (C=O) groups excluding carboxylic acids is 1. The number of hydrogen-bond donors (Lipinski definition) is 2. The molecule has 116 valence electrons. The normalized spacial score (nSPS) is 10.4. The van der Waals surface area contributed by atoms with Crippen molar-refractivity contribution in [2.75, 3.05) is 6.61 Å². The highest BCUT2D eigenvalue weighted by Gasteiger charge is 2.14. The third kappa shape index (κ3) is 3.55. The van der Waals surface area contributed by atoms with Crippen LogP contribution in [-0.4, -0.2) is 27.9 Å². The van der Waals surface area contributed by atoms with Crippen LogP contribution in [-0.2, 0) is 6.42 Å². The zero-order valence-electron chi connectivity index (χ0n) is 12.4. The minimum absolute atomic E-state index is 0.128. The highest BCUT2D eigenvalue weighted by molar-refractivity contribution is 5.96. The molecule has 0 aliphatic rings. The number of amides is 1. The lowest BCUT2D eigenvalue weighted by atomic mass is 10.1. The van der Waals surface area contributed by atoms with Gasteiger partial charge in [0, 0.05) is 12.0 Å². The van der Waals surface area contributed by atoms with Crippen molar-refractivity contribution in [1.29, 1.82) is 0 Å². The number of carbonyl (C=O) groups is 1. The smallest absolute Gasteiger partial charge is 0.271 e. The number of nitrogens with two attached hydrogens (primary N) is 1. The molecule has 0 fully saturated rings. The van der Waals surface area contributed by atoms with Crippen molar-refractivity contribution in [1.82, 2.24) is 15.4 Å². The first kappa shape index (κ1) is 14.8. The zero-order chi connectivity index (χ0) is 16.1. The van der Waals surface area contributed by atoms with E-state index in [0.717, 1.165) is 17.7 Å². The van der Waals surface area contributed by atoms with Crippen LogP contribution in [0.5, 0.6) is 5.75 Å². The van der Waals surface area contributed by atoms with Crippen LogP contribution in [0.1, 0.15) is 16.1 Å². The Kier molecular flexibility index (Phi) is 4.33. The molecule has 1 amide bonds. The summed E-state index contributed by atoms with van der Waals surface area (Å²) in [7, 11) is 0. The van der Waals surface area contributed by atoms with E-state index in [0.29, 0.717) is 12.3 Å².